The van der Waals surface area contributed by atoms with Crippen molar-refractivity contribution in [1.29, 1.82) is 0 Å². The first-order valence-corrected chi connectivity index (χ1v) is 6.07. The van der Waals surface area contributed by atoms with Crippen molar-refractivity contribution in [2.24, 2.45) is 0 Å². The number of para-hydroxylation sites is 1. The van der Waals surface area contributed by atoms with Crippen LogP contribution in [0.2, 0.25) is 0 Å². The summed E-state index contributed by atoms with van der Waals surface area (Å²) in [5.74, 6) is -0.534. The number of carboxylic acids is 1. The fraction of sp³-hybridized carbons (Fsp3) is 0.286. The average Bonchev–Trinajstić information content (AvgIpc) is 2.44. The summed E-state index contributed by atoms with van der Waals surface area (Å²) >= 11 is 0. The summed E-state index contributed by atoms with van der Waals surface area (Å²) in [6.07, 6.45) is 0.733. The lowest BCUT2D eigenvalue weighted by molar-refractivity contribution is -0.146. The minimum absolute atomic E-state index is 0.0129. The number of nitrogens with one attached hydrogen (secondary N) is 1. The minimum Gasteiger partial charge on any atom is -0.490 e. The molecule has 6 heteroatoms. The number of benzene rings is 1. The first-order chi connectivity index (χ1) is 9.57. The second-order valence-corrected chi connectivity index (χ2v) is 4.47. The Labute approximate surface area is 116 Å². The smallest absolute Gasteiger partial charge is 0.408 e. The average molecular weight is 277 g/mol. The van der Waals surface area contributed by atoms with Crippen molar-refractivity contribution >= 4 is 12.1 Å². The number of carbonyl (C=O) groups excluding carboxylic acids is 1. The molecule has 1 unspecified atom stereocenters. The number of hydrogen-bond acceptors (Lipinski definition) is 4. The molecule has 1 heterocycles. The Balaban J connectivity index is 2.18. The second kappa shape index (κ2) is 5.64. The zero-order valence-corrected chi connectivity index (χ0v) is 10.8. The van der Waals surface area contributed by atoms with Crippen molar-refractivity contribution in [2.45, 2.75) is 12.0 Å². The van der Waals surface area contributed by atoms with Gasteiger partial charge in [0.2, 0.25) is 0 Å². The van der Waals surface area contributed by atoms with Crippen molar-refractivity contribution in [3.63, 3.8) is 0 Å². The molecule has 1 aromatic carbocycles. The molecule has 2 N–H and O–H groups in total. The number of alkyl carbamates (subject to hydrolysis) is 1. The first kappa shape index (κ1) is 13.9. The maximum atomic E-state index is 11.6. The second-order valence-electron chi connectivity index (χ2n) is 4.47. The third kappa shape index (κ3) is 2.74. The van der Waals surface area contributed by atoms with Crippen molar-refractivity contribution < 1.29 is 24.2 Å². The lowest BCUT2D eigenvalue weighted by Gasteiger charge is -2.34. The Bertz CT molecular complexity index is 542. The molecule has 2 rings (SSSR count). The molecule has 1 atom stereocenters. The predicted octanol–water partition coefficient (Wildman–Crippen LogP) is 1.36. The standard InChI is InChI=1S/C14H15NO5/c1-2-7-19-13(18)15-14(12(16)17)8-10-5-3-4-6-11(10)20-9-14/h2-6H,1,7-9H2,(H,15,18)(H,16,17). The van der Waals surface area contributed by atoms with E-state index >= 15 is 0 Å². The Kier molecular flexibility index (Phi) is 3.93. The van der Waals surface area contributed by atoms with E-state index in [-0.39, 0.29) is 19.6 Å². The molecule has 106 valence electrons. The third-order valence-corrected chi connectivity index (χ3v) is 3.02. The lowest BCUT2D eigenvalue weighted by Crippen LogP contribution is -2.61. The molecule has 0 radical (unpaired) electrons. The molecule has 1 aliphatic heterocycles. The van der Waals surface area contributed by atoms with E-state index in [9.17, 15) is 14.7 Å². The monoisotopic (exact) mass is 277 g/mol. The Hall–Kier alpha value is -2.50. The van der Waals surface area contributed by atoms with E-state index in [4.69, 9.17) is 9.47 Å². The number of ether oxygens (including phenoxy) is 2. The van der Waals surface area contributed by atoms with Crippen LogP contribution in [-0.2, 0) is 16.0 Å². The first-order valence-electron chi connectivity index (χ1n) is 6.07. The maximum absolute atomic E-state index is 11.6. The number of carboxylic acid groups (broad SMARTS) is 1. The Morgan fingerprint density at radius 3 is 2.95 bits per heavy atom. The van der Waals surface area contributed by atoms with Gasteiger partial charge in [-0.25, -0.2) is 9.59 Å². The van der Waals surface area contributed by atoms with Gasteiger partial charge in [0.05, 0.1) is 0 Å². The van der Waals surface area contributed by atoms with Crippen LogP contribution in [0.5, 0.6) is 5.75 Å². The highest BCUT2D eigenvalue weighted by Crippen LogP contribution is 2.29. The molecule has 0 saturated heterocycles. The minimum atomic E-state index is -1.52. The van der Waals surface area contributed by atoms with E-state index in [1.807, 2.05) is 0 Å². The number of aliphatic carboxylic acids is 1. The van der Waals surface area contributed by atoms with E-state index < -0.39 is 17.6 Å². The molecular weight excluding hydrogens is 262 g/mol. The van der Waals surface area contributed by atoms with Gasteiger partial charge >= 0.3 is 12.1 Å². The highest BCUT2D eigenvalue weighted by atomic mass is 16.5. The predicted molar refractivity (Wildman–Crippen MR) is 70.7 cm³/mol. The topological polar surface area (TPSA) is 84.9 Å². The highest BCUT2D eigenvalue weighted by molar-refractivity contribution is 5.85. The van der Waals surface area contributed by atoms with Crippen LogP contribution in [0.4, 0.5) is 4.79 Å². The van der Waals surface area contributed by atoms with Crippen LogP contribution in [0.3, 0.4) is 0 Å². The van der Waals surface area contributed by atoms with Gasteiger partial charge in [-0.05, 0) is 11.6 Å². The molecular formula is C14H15NO5. The zero-order valence-electron chi connectivity index (χ0n) is 10.8. The van der Waals surface area contributed by atoms with Crippen LogP contribution in [0.25, 0.3) is 0 Å². The van der Waals surface area contributed by atoms with Crippen LogP contribution >= 0.6 is 0 Å². The van der Waals surface area contributed by atoms with E-state index in [0.717, 1.165) is 5.56 Å². The summed E-state index contributed by atoms with van der Waals surface area (Å²) in [7, 11) is 0. The van der Waals surface area contributed by atoms with Gasteiger partial charge in [0.15, 0.2) is 5.54 Å². The fourth-order valence-corrected chi connectivity index (χ4v) is 2.00. The summed E-state index contributed by atoms with van der Waals surface area (Å²) in [6.45, 7) is 3.28. The van der Waals surface area contributed by atoms with Gasteiger partial charge in [-0.2, -0.15) is 0 Å². The summed E-state index contributed by atoms with van der Waals surface area (Å²) in [6, 6.07) is 7.12. The van der Waals surface area contributed by atoms with Gasteiger partial charge in [-0.15, -0.1) is 0 Å². The molecule has 0 bridgehead atoms. The van der Waals surface area contributed by atoms with Crippen molar-refractivity contribution in [2.75, 3.05) is 13.2 Å². The number of rotatable bonds is 4. The largest absolute Gasteiger partial charge is 0.490 e. The molecule has 1 amide bonds. The fourth-order valence-electron chi connectivity index (χ4n) is 2.00. The van der Waals surface area contributed by atoms with Gasteiger partial charge in [-0.3, -0.25) is 0 Å². The van der Waals surface area contributed by atoms with Crippen LogP contribution in [0.15, 0.2) is 36.9 Å². The number of carbonyl (C=O) groups is 2. The van der Waals surface area contributed by atoms with Gasteiger partial charge in [-0.1, -0.05) is 30.9 Å². The Morgan fingerprint density at radius 1 is 1.50 bits per heavy atom. The van der Waals surface area contributed by atoms with Crippen LogP contribution < -0.4 is 10.1 Å². The van der Waals surface area contributed by atoms with Crippen molar-refractivity contribution in [3.05, 3.63) is 42.5 Å². The molecule has 0 aromatic heterocycles. The SMILES string of the molecule is C=CCOC(=O)NC1(C(=O)O)COc2ccccc2C1. The quantitative estimate of drug-likeness (QED) is 0.812. The van der Waals surface area contributed by atoms with Crippen molar-refractivity contribution in [1.82, 2.24) is 5.32 Å². The summed E-state index contributed by atoms with van der Waals surface area (Å²) in [5, 5.41) is 11.8. The Morgan fingerprint density at radius 2 is 2.25 bits per heavy atom. The van der Waals surface area contributed by atoms with Gasteiger partial charge < -0.3 is 19.9 Å². The van der Waals surface area contributed by atoms with E-state index in [1.54, 1.807) is 24.3 Å². The molecule has 1 aromatic rings. The third-order valence-electron chi connectivity index (χ3n) is 3.02. The summed E-state index contributed by atoms with van der Waals surface area (Å²) in [5.41, 5.74) is -0.794. The van der Waals surface area contributed by atoms with Crippen LogP contribution in [0.1, 0.15) is 5.56 Å². The van der Waals surface area contributed by atoms with E-state index in [0.29, 0.717) is 5.75 Å². The normalized spacial score (nSPS) is 20.2. The van der Waals surface area contributed by atoms with Crippen LogP contribution in [-0.4, -0.2) is 35.9 Å². The lowest BCUT2D eigenvalue weighted by atomic mass is 9.89. The molecule has 20 heavy (non-hydrogen) atoms. The molecule has 0 aliphatic carbocycles. The van der Waals surface area contributed by atoms with Gasteiger partial charge in [0, 0.05) is 6.42 Å². The zero-order chi connectivity index (χ0) is 14.6. The maximum Gasteiger partial charge on any atom is 0.408 e. The molecule has 6 nitrogen and oxygen atoms in total. The van der Waals surface area contributed by atoms with Gasteiger partial charge in [0.25, 0.3) is 0 Å². The van der Waals surface area contributed by atoms with Crippen LogP contribution in [0, 0.1) is 0 Å². The molecule has 0 spiro atoms. The van der Waals surface area contributed by atoms with Gasteiger partial charge in [0.1, 0.15) is 19.0 Å². The molecule has 0 saturated carbocycles. The van der Waals surface area contributed by atoms with E-state index in [2.05, 4.69) is 11.9 Å². The van der Waals surface area contributed by atoms with Crippen molar-refractivity contribution in [3.8, 4) is 5.75 Å². The molecule has 0 fully saturated rings. The highest BCUT2D eigenvalue weighted by Gasteiger charge is 2.45. The number of hydrogen-bond donors (Lipinski definition) is 2. The number of amides is 1. The molecule has 1 aliphatic rings. The number of fused-ring (bicyclic) bond motifs is 1. The van der Waals surface area contributed by atoms with E-state index in [1.165, 1.54) is 6.08 Å². The summed E-state index contributed by atoms with van der Waals surface area (Å²) < 4.78 is 10.2. The summed E-state index contributed by atoms with van der Waals surface area (Å²) in [4.78, 5) is 23.1.